The Morgan fingerprint density at radius 3 is 1.91 bits per heavy atom. The van der Waals surface area contributed by atoms with Crippen LogP contribution in [0.15, 0.2) is 48.5 Å². The third kappa shape index (κ3) is 5.26. The number of nitrogens with zero attached hydrogens (tertiary/aromatic N) is 1. The maximum atomic E-state index is 13.2. The Bertz CT molecular complexity index is 903. The lowest BCUT2D eigenvalue weighted by atomic mass is 9.89. The summed E-state index contributed by atoms with van der Waals surface area (Å²) < 4.78 is 78.4. The molecular formula is C23H24F6N2O. The van der Waals surface area contributed by atoms with Gasteiger partial charge in [-0.2, -0.15) is 26.3 Å². The van der Waals surface area contributed by atoms with Crippen LogP contribution in [0.3, 0.4) is 0 Å². The number of halogens is 6. The van der Waals surface area contributed by atoms with E-state index in [1.54, 1.807) is 6.92 Å². The first kappa shape index (κ1) is 24.1. The van der Waals surface area contributed by atoms with Crippen LogP contribution in [-0.4, -0.2) is 30.4 Å². The molecule has 9 heteroatoms. The molecule has 1 heterocycles. The molecule has 1 aliphatic rings. The van der Waals surface area contributed by atoms with Crippen LogP contribution in [0.1, 0.15) is 42.0 Å². The van der Waals surface area contributed by atoms with Gasteiger partial charge in [0.2, 0.25) is 5.91 Å². The third-order valence-corrected chi connectivity index (χ3v) is 5.86. The van der Waals surface area contributed by atoms with Crippen molar-refractivity contribution in [2.45, 2.75) is 44.1 Å². The van der Waals surface area contributed by atoms with Crippen LogP contribution in [0.4, 0.5) is 26.3 Å². The van der Waals surface area contributed by atoms with Crippen molar-refractivity contribution < 1.29 is 31.1 Å². The minimum absolute atomic E-state index is 0.0896. The Morgan fingerprint density at radius 2 is 1.41 bits per heavy atom. The Kier molecular flexibility index (Phi) is 6.88. The van der Waals surface area contributed by atoms with Gasteiger partial charge >= 0.3 is 12.4 Å². The van der Waals surface area contributed by atoms with Crippen LogP contribution in [-0.2, 0) is 29.1 Å². The van der Waals surface area contributed by atoms with E-state index in [1.807, 2.05) is 35.2 Å². The Labute approximate surface area is 182 Å². The number of amides is 1. The number of rotatable bonds is 6. The predicted molar refractivity (Wildman–Crippen MR) is 108 cm³/mol. The highest BCUT2D eigenvalue weighted by Gasteiger charge is 2.42. The van der Waals surface area contributed by atoms with E-state index in [2.05, 4.69) is 5.32 Å². The normalized spacial score (nSPS) is 17.2. The van der Waals surface area contributed by atoms with Crippen molar-refractivity contribution in [1.82, 2.24) is 10.2 Å². The van der Waals surface area contributed by atoms with Crippen molar-refractivity contribution in [1.29, 1.82) is 0 Å². The summed E-state index contributed by atoms with van der Waals surface area (Å²) in [4.78, 5) is 15.2. The molecule has 0 aliphatic carbocycles. The van der Waals surface area contributed by atoms with Gasteiger partial charge in [0.15, 0.2) is 0 Å². The molecule has 1 saturated heterocycles. The smallest absolute Gasteiger partial charge is 0.354 e. The Hall–Kier alpha value is -2.55. The van der Waals surface area contributed by atoms with Gasteiger partial charge in [-0.1, -0.05) is 30.3 Å². The number of alkyl halides is 6. The van der Waals surface area contributed by atoms with Gasteiger partial charge in [0.1, 0.15) is 5.54 Å². The molecule has 2 aromatic rings. The molecule has 1 unspecified atom stereocenters. The number of hydrogen-bond donors (Lipinski definition) is 1. The van der Waals surface area contributed by atoms with Crippen molar-refractivity contribution in [3.05, 3.63) is 70.8 Å². The van der Waals surface area contributed by atoms with Crippen molar-refractivity contribution in [2.75, 3.05) is 19.6 Å². The molecule has 3 rings (SSSR count). The highest BCUT2D eigenvalue weighted by molar-refractivity contribution is 5.87. The SMILES string of the molecule is CC(C(=O)NCCc1cc(C(F)(F)F)cc(C(F)(F)F)c1)(c1ccccc1)N1CCCC1. The summed E-state index contributed by atoms with van der Waals surface area (Å²) in [7, 11) is 0. The summed E-state index contributed by atoms with van der Waals surface area (Å²) in [5.41, 5.74) is -3.07. The van der Waals surface area contributed by atoms with Gasteiger partial charge in [0, 0.05) is 6.54 Å². The fraction of sp³-hybridized carbons (Fsp3) is 0.435. The lowest BCUT2D eigenvalue weighted by Gasteiger charge is -2.38. The topological polar surface area (TPSA) is 32.3 Å². The number of carbonyl (C=O) groups is 1. The van der Waals surface area contributed by atoms with Crippen molar-refractivity contribution >= 4 is 5.91 Å². The van der Waals surface area contributed by atoms with E-state index >= 15 is 0 Å². The first-order chi connectivity index (χ1) is 14.9. The summed E-state index contributed by atoms with van der Waals surface area (Å²) in [6.45, 7) is 3.14. The van der Waals surface area contributed by atoms with Gasteiger partial charge in [-0.25, -0.2) is 0 Å². The zero-order chi connectivity index (χ0) is 23.6. The zero-order valence-corrected chi connectivity index (χ0v) is 17.5. The van der Waals surface area contributed by atoms with Gasteiger partial charge < -0.3 is 5.32 Å². The third-order valence-electron chi connectivity index (χ3n) is 5.86. The summed E-state index contributed by atoms with van der Waals surface area (Å²) in [6.07, 6.45) is -8.08. The molecule has 2 aromatic carbocycles. The largest absolute Gasteiger partial charge is 0.416 e. The summed E-state index contributed by atoms with van der Waals surface area (Å²) in [5.74, 6) is -0.339. The number of likely N-dealkylation sites (tertiary alicyclic amines) is 1. The predicted octanol–water partition coefficient (Wildman–Crippen LogP) is 5.39. The van der Waals surface area contributed by atoms with Crippen molar-refractivity contribution in [3.8, 4) is 0 Å². The summed E-state index contributed by atoms with van der Waals surface area (Å²) in [5, 5.41) is 2.72. The van der Waals surface area contributed by atoms with Crippen LogP contribution >= 0.6 is 0 Å². The Balaban J connectivity index is 1.78. The van der Waals surface area contributed by atoms with Crippen molar-refractivity contribution in [2.24, 2.45) is 0 Å². The standard InChI is InChI=1S/C23H24F6N2O/c1-21(31-11-5-6-12-31,17-7-3-2-4-8-17)20(32)30-10-9-16-13-18(22(24,25)26)15-19(14-16)23(27,28)29/h2-4,7-8,13-15H,5-6,9-12H2,1H3,(H,30,32). The van der Waals surface area contributed by atoms with E-state index < -0.39 is 29.0 Å². The molecule has 0 spiro atoms. The highest BCUT2D eigenvalue weighted by atomic mass is 19.4. The average molecular weight is 458 g/mol. The van der Waals surface area contributed by atoms with Gasteiger partial charge in [-0.15, -0.1) is 0 Å². The van der Waals surface area contributed by atoms with E-state index in [0.717, 1.165) is 31.5 Å². The average Bonchev–Trinajstić information content (AvgIpc) is 3.27. The molecular weight excluding hydrogens is 434 g/mol. The summed E-state index contributed by atoms with van der Waals surface area (Å²) in [6, 6.07) is 10.6. The van der Waals surface area contributed by atoms with Crippen molar-refractivity contribution in [3.63, 3.8) is 0 Å². The van der Waals surface area contributed by atoms with Crippen LogP contribution < -0.4 is 5.32 Å². The minimum Gasteiger partial charge on any atom is -0.354 e. The van der Waals surface area contributed by atoms with Crippen LogP contribution in [0.5, 0.6) is 0 Å². The van der Waals surface area contributed by atoms with E-state index in [0.29, 0.717) is 12.1 Å². The molecule has 3 nitrogen and oxygen atoms in total. The van der Waals surface area contributed by atoms with Gasteiger partial charge in [0.05, 0.1) is 11.1 Å². The first-order valence-electron chi connectivity index (χ1n) is 10.3. The first-order valence-corrected chi connectivity index (χ1v) is 10.3. The quantitative estimate of drug-likeness (QED) is 0.589. The Morgan fingerprint density at radius 1 is 0.875 bits per heavy atom. The van der Waals surface area contributed by atoms with E-state index in [-0.39, 0.29) is 30.5 Å². The van der Waals surface area contributed by atoms with Gasteiger partial charge in [0.25, 0.3) is 0 Å². The minimum atomic E-state index is -4.90. The number of hydrogen-bond acceptors (Lipinski definition) is 2. The molecule has 0 bridgehead atoms. The zero-order valence-electron chi connectivity index (χ0n) is 17.5. The van der Waals surface area contributed by atoms with Crippen LogP contribution in [0, 0.1) is 0 Å². The number of benzene rings is 2. The molecule has 0 radical (unpaired) electrons. The number of carbonyl (C=O) groups excluding carboxylic acids is 1. The molecule has 1 aliphatic heterocycles. The molecule has 32 heavy (non-hydrogen) atoms. The molecule has 1 atom stereocenters. The second kappa shape index (κ2) is 9.13. The second-order valence-corrected chi connectivity index (χ2v) is 8.05. The molecule has 0 aromatic heterocycles. The monoisotopic (exact) mass is 458 g/mol. The molecule has 1 amide bonds. The van der Waals surface area contributed by atoms with Gasteiger partial charge in [-0.3, -0.25) is 9.69 Å². The van der Waals surface area contributed by atoms with Crippen LogP contribution in [0.25, 0.3) is 0 Å². The molecule has 174 valence electrons. The van der Waals surface area contributed by atoms with E-state index in [1.165, 1.54) is 0 Å². The van der Waals surface area contributed by atoms with E-state index in [9.17, 15) is 31.1 Å². The molecule has 0 saturated carbocycles. The fourth-order valence-electron chi connectivity index (χ4n) is 4.04. The lowest BCUT2D eigenvalue weighted by Crippen LogP contribution is -2.53. The molecule has 1 fully saturated rings. The maximum Gasteiger partial charge on any atom is 0.416 e. The van der Waals surface area contributed by atoms with Crippen LogP contribution in [0.2, 0.25) is 0 Å². The molecule has 1 N–H and O–H groups in total. The summed E-state index contributed by atoms with van der Waals surface area (Å²) >= 11 is 0. The van der Waals surface area contributed by atoms with E-state index in [4.69, 9.17) is 0 Å². The fourth-order valence-corrected chi connectivity index (χ4v) is 4.04. The lowest BCUT2D eigenvalue weighted by molar-refractivity contribution is -0.143. The maximum absolute atomic E-state index is 13.2. The number of nitrogens with one attached hydrogen (secondary N) is 1. The van der Waals surface area contributed by atoms with Gasteiger partial charge in [-0.05, 0) is 68.6 Å². The second-order valence-electron chi connectivity index (χ2n) is 8.05. The highest BCUT2D eigenvalue weighted by Crippen LogP contribution is 2.36.